The Morgan fingerprint density at radius 1 is 0.971 bits per heavy atom. The molecule has 0 bridgehead atoms. The number of aryl methyl sites for hydroxylation is 2. The average Bonchev–Trinajstić information content (AvgIpc) is 3.13. The Balaban J connectivity index is 1.82. The molecule has 0 aliphatic carbocycles. The van der Waals surface area contributed by atoms with Gasteiger partial charge in [0.25, 0.3) is 0 Å². The summed E-state index contributed by atoms with van der Waals surface area (Å²) in [5, 5.41) is 4.51. The first kappa shape index (κ1) is 22.5. The van der Waals surface area contributed by atoms with E-state index >= 15 is 0 Å². The van der Waals surface area contributed by atoms with E-state index in [1.807, 2.05) is 49.4 Å². The van der Waals surface area contributed by atoms with Gasteiger partial charge in [0.05, 0.1) is 29.3 Å². The number of anilines is 1. The van der Waals surface area contributed by atoms with Crippen LogP contribution in [0.25, 0.3) is 22.2 Å². The summed E-state index contributed by atoms with van der Waals surface area (Å²) in [7, 11) is -2.47. The smallest absolute Gasteiger partial charge is 0.212 e. The maximum absolute atomic E-state index is 13.9. The second-order valence-electron chi connectivity index (χ2n) is 8.17. The van der Waals surface area contributed by atoms with Gasteiger partial charge in [-0.2, -0.15) is 9.78 Å². The largest absolute Gasteiger partial charge is 0.496 e. The highest BCUT2D eigenvalue weighted by Gasteiger charge is 2.31. The van der Waals surface area contributed by atoms with Crippen LogP contribution in [0.3, 0.4) is 0 Å². The van der Waals surface area contributed by atoms with Crippen molar-refractivity contribution in [3.63, 3.8) is 0 Å². The summed E-state index contributed by atoms with van der Waals surface area (Å²) in [6.07, 6.45) is 1.56. The van der Waals surface area contributed by atoms with Crippen molar-refractivity contribution >= 4 is 44.1 Å². The Morgan fingerprint density at radius 2 is 1.66 bits per heavy atom. The van der Waals surface area contributed by atoms with Gasteiger partial charge in [0, 0.05) is 5.56 Å². The van der Waals surface area contributed by atoms with Crippen molar-refractivity contribution in [1.29, 1.82) is 0 Å². The number of fused-ring (bicyclic) bond motifs is 2. The second-order valence-corrected chi connectivity index (χ2v) is 10.0. The van der Waals surface area contributed by atoms with Crippen LogP contribution in [0.4, 0.5) is 5.82 Å². The van der Waals surface area contributed by atoms with Crippen molar-refractivity contribution in [3.05, 3.63) is 83.4 Å². The summed E-state index contributed by atoms with van der Waals surface area (Å²) in [4.78, 5) is 9.38. The fourth-order valence-electron chi connectivity index (χ4n) is 4.00. The molecule has 9 heteroatoms. The van der Waals surface area contributed by atoms with Crippen LogP contribution in [0.1, 0.15) is 16.7 Å². The summed E-state index contributed by atoms with van der Waals surface area (Å²) in [5.74, 6) is 0.549. The van der Waals surface area contributed by atoms with Crippen LogP contribution in [-0.2, 0) is 9.84 Å². The number of sulfone groups is 1. The number of benzene rings is 3. The van der Waals surface area contributed by atoms with Crippen molar-refractivity contribution in [3.8, 4) is 5.75 Å². The molecule has 0 fully saturated rings. The first-order valence-electron chi connectivity index (χ1n) is 10.9. The van der Waals surface area contributed by atoms with Crippen molar-refractivity contribution < 1.29 is 13.2 Å². The molecule has 2 heterocycles. The lowest BCUT2D eigenvalue weighted by Gasteiger charge is -2.09. The first-order valence-corrected chi connectivity index (χ1v) is 12.4. The molecule has 2 aromatic heterocycles. The van der Waals surface area contributed by atoms with Crippen LogP contribution in [0.2, 0.25) is 0 Å². The SMILES string of the molecule is COc1ccccc1/C=N\n1c(N)c(S(=O)(=O)c2cc(C)ccc2C)c2nc3ccccc3nc21. The number of rotatable bonds is 5. The standard InChI is InChI=1S/C26H23N5O3S/c1-16-12-13-17(2)22(14-16)35(32,33)24-23-26(30-20-10-6-5-9-19(20)29-23)31(25(24)27)28-15-18-8-4-7-11-21(18)34-3/h4-15H,27H2,1-3H3/b28-15-. The summed E-state index contributed by atoms with van der Waals surface area (Å²) >= 11 is 0. The highest BCUT2D eigenvalue weighted by Crippen LogP contribution is 2.36. The number of aromatic nitrogens is 3. The van der Waals surface area contributed by atoms with E-state index in [1.165, 1.54) is 4.68 Å². The highest BCUT2D eigenvalue weighted by molar-refractivity contribution is 7.92. The number of para-hydroxylation sites is 3. The van der Waals surface area contributed by atoms with E-state index in [9.17, 15) is 8.42 Å². The normalized spacial score (nSPS) is 12.1. The first-order chi connectivity index (χ1) is 16.8. The number of methoxy groups -OCH3 is 1. The molecule has 0 saturated heterocycles. The molecular weight excluding hydrogens is 462 g/mol. The number of nitrogens with two attached hydrogens (primary N) is 1. The number of hydrogen-bond acceptors (Lipinski definition) is 7. The number of nitrogens with zero attached hydrogens (tertiary/aromatic N) is 4. The van der Waals surface area contributed by atoms with Gasteiger partial charge in [-0.25, -0.2) is 18.4 Å². The van der Waals surface area contributed by atoms with Crippen molar-refractivity contribution in [2.75, 3.05) is 12.8 Å². The zero-order chi connectivity index (χ0) is 24.7. The van der Waals surface area contributed by atoms with E-state index in [4.69, 9.17) is 10.5 Å². The minimum Gasteiger partial charge on any atom is -0.496 e. The van der Waals surface area contributed by atoms with Gasteiger partial charge in [-0.05, 0) is 55.3 Å². The summed E-state index contributed by atoms with van der Waals surface area (Å²) in [6.45, 7) is 3.60. The summed E-state index contributed by atoms with van der Waals surface area (Å²) in [6, 6.07) is 19.9. The van der Waals surface area contributed by atoms with Gasteiger partial charge in [0.1, 0.15) is 22.0 Å². The third-order valence-electron chi connectivity index (χ3n) is 5.78. The van der Waals surface area contributed by atoms with Crippen LogP contribution in [-0.4, -0.2) is 36.4 Å². The number of ether oxygens (including phenoxy) is 1. The molecule has 8 nitrogen and oxygen atoms in total. The highest BCUT2D eigenvalue weighted by atomic mass is 32.2. The molecule has 0 unspecified atom stereocenters. The van der Waals surface area contributed by atoms with E-state index in [0.717, 1.165) is 5.56 Å². The molecule has 0 aliphatic heterocycles. The fourth-order valence-corrected chi connectivity index (χ4v) is 5.81. The molecule has 0 saturated carbocycles. The zero-order valence-corrected chi connectivity index (χ0v) is 20.2. The topological polar surface area (TPSA) is 112 Å². The van der Waals surface area contributed by atoms with Gasteiger partial charge in [-0.15, -0.1) is 0 Å². The van der Waals surface area contributed by atoms with Gasteiger partial charge in [0.15, 0.2) is 5.65 Å². The molecule has 176 valence electrons. The molecular formula is C26H23N5O3S. The lowest BCUT2D eigenvalue weighted by atomic mass is 10.2. The third-order valence-corrected chi connectivity index (χ3v) is 7.74. The Bertz CT molecular complexity index is 1740. The Hall–Kier alpha value is -4.24. The molecule has 35 heavy (non-hydrogen) atoms. The zero-order valence-electron chi connectivity index (χ0n) is 19.4. The van der Waals surface area contributed by atoms with Gasteiger partial charge in [-0.3, -0.25) is 0 Å². The van der Waals surface area contributed by atoms with Gasteiger partial charge < -0.3 is 10.5 Å². The van der Waals surface area contributed by atoms with Crippen LogP contribution >= 0.6 is 0 Å². The third kappa shape index (κ3) is 3.79. The lowest BCUT2D eigenvalue weighted by molar-refractivity contribution is 0.414. The van der Waals surface area contributed by atoms with Crippen molar-refractivity contribution in [2.45, 2.75) is 23.6 Å². The van der Waals surface area contributed by atoms with Crippen molar-refractivity contribution in [2.24, 2.45) is 5.10 Å². The monoisotopic (exact) mass is 485 g/mol. The number of nitrogen functional groups attached to an aromatic ring is 1. The van der Waals surface area contributed by atoms with Crippen LogP contribution < -0.4 is 10.5 Å². The minimum atomic E-state index is -4.04. The molecule has 5 aromatic rings. The van der Waals surface area contributed by atoms with E-state index in [-0.39, 0.29) is 26.8 Å². The molecule has 0 atom stereocenters. The Kier molecular flexibility index (Phi) is 5.49. The van der Waals surface area contributed by atoms with E-state index in [0.29, 0.717) is 27.9 Å². The second kappa shape index (κ2) is 8.52. The Morgan fingerprint density at radius 3 is 2.40 bits per heavy atom. The average molecular weight is 486 g/mol. The van der Waals surface area contributed by atoms with Gasteiger partial charge >= 0.3 is 0 Å². The lowest BCUT2D eigenvalue weighted by Crippen LogP contribution is -2.08. The quantitative estimate of drug-likeness (QED) is 0.367. The van der Waals surface area contributed by atoms with Crippen molar-refractivity contribution in [1.82, 2.24) is 14.6 Å². The molecule has 5 rings (SSSR count). The molecule has 0 spiro atoms. The summed E-state index contributed by atoms with van der Waals surface area (Å²) in [5.41, 5.74) is 10.2. The van der Waals surface area contributed by atoms with E-state index in [1.54, 1.807) is 44.5 Å². The van der Waals surface area contributed by atoms with Crippen LogP contribution in [0, 0.1) is 13.8 Å². The fraction of sp³-hybridized carbons (Fsp3) is 0.115. The van der Waals surface area contributed by atoms with Crippen LogP contribution in [0.15, 0.2) is 81.6 Å². The van der Waals surface area contributed by atoms with E-state index in [2.05, 4.69) is 15.1 Å². The molecule has 0 aliphatic rings. The molecule has 0 radical (unpaired) electrons. The predicted molar refractivity (Wildman–Crippen MR) is 137 cm³/mol. The van der Waals surface area contributed by atoms with Crippen LogP contribution in [0.5, 0.6) is 5.75 Å². The maximum atomic E-state index is 13.9. The molecule has 0 amide bonds. The maximum Gasteiger partial charge on any atom is 0.212 e. The van der Waals surface area contributed by atoms with Gasteiger partial charge in [-0.1, -0.05) is 36.4 Å². The van der Waals surface area contributed by atoms with E-state index < -0.39 is 9.84 Å². The molecule has 2 N–H and O–H groups in total. The minimum absolute atomic E-state index is 0.0673. The number of hydrogen-bond donors (Lipinski definition) is 1. The molecule has 3 aromatic carbocycles. The van der Waals surface area contributed by atoms with Gasteiger partial charge in [0.2, 0.25) is 9.84 Å². The predicted octanol–water partition coefficient (Wildman–Crippen LogP) is 4.51. The summed E-state index contributed by atoms with van der Waals surface area (Å²) < 4.78 is 34.6. The Labute approximate surface area is 202 Å².